The largest absolute Gasteiger partial charge is 0.302 e. The molecule has 2 bridgehead atoms. The third-order valence-corrected chi connectivity index (χ3v) is 6.03. The van der Waals surface area contributed by atoms with E-state index < -0.39 is 0 Å². The molecule has 2 aliphatic rings. The SMILES string of the molecule is CCCN1CCCN2CCCN(CCCN(CCC(C)(C)C)CC2)CC1. The molecule has 0 N–H and O–H groups in total. The average Bonchev–Trinajstić information content (AvgIpc) is 2.65. The maximum absolute atomic E-state index is 2.75. The van der Waals surface area contributed by atoms with E-state index in [2.05, 4.69) is 47.3 Å². The van der Waals surface area contributed by atoms with Gasteiger partial charge in [0, 0.05) is 26.2 Å². The minimum absolute atomic E-state index is 0.446. The van der Waals surface area contributed by atoms with Gasteiger partial charge in [-0.05, 0) is 89.9 Å². The first-order valence-electron chi connectivity index (χ1n) is 11.4. The van der Waals surface area contributed by atoms with E-state index in [0.29, 0.717) is 5.41 Å². The van der Waals surface area contributed by atoms with Gasteiger partial charge in [0.05, 0.1) is 0 Å². The molecule has 0 amide bonds. The number of fused-ring (bicyclic) bond motifs is 4. The van der Waals surface area contributed by atoms with Crippen molar-refractivity contribution in [2.24, 2.45) is 5.41 Å². The van der Waals surface area contributed by atoms with Crippen LogP contribution < -0.4 is 0 Å². The second kappa shape index (κ2) is 11.6. The first kappa shape index (κ1) is 22.1. The van der Waals surface area contributed by atoms with Crippen molar-refractivity contribution in [1.82, 2.24) is 19.6 Å². The molecule has 154 valence electrons. The standard InChI is InChI=1S/C22H46N4/c1-5-10-23-11-6-12-25-14-7-13-24(19-18-23)15-8-16-26(21-20-25)17-9-22(2,3)4/h5-21H2,1-4H3. The fourth-order valence-electron chi connectivity index (χ4n) is 4.27. The summed E-state index contributed by atoms with van der Waals surface area (Å²) < 4.78 is 0. The van der Waals surface area contributed by atoms with Crippen molar-refractivity contribution in [3.8, 4) is 0 Å². The van der Waals surface area contributed by atoms with Gasteiger partial charge in [0.15, 0.2) is 0 Å². The molecular weight excluding hydrogens is 320 g/mol. The van der Waals surface area contributed by atoms with Crippen LogP contribution in [0.5, 0.6) is 0 Å². The lowest BCUT2D eigenvalue weighted by Crippen LogP contribution is -2.40. The van der Waals surface area contributed by atoms with Crippen LogP contribution in [0.15, 0.2) is 0 Å². The smallest absolute Gasteiger partial charge is 0.0109 e. The highest BCUT2D eigenvalue weighted by Crippen LogP contribution is 2.19. The Bertz CT molecular complexity index is 366. The highest BCUT2D eigenvalue weighted by molar-refractivity contribution is 4.74. The summed E-state index contributed by atoms with van der Waals surface area (Å²) in [5.74, 6) is 0. The molecule has 2 rings (SSSR count). The summed E-state index contributed by atoms with van der Waals surface area (Å²) >= 11 is 0. The summed E-state index contributed by atoms with van der Waals surface area (Å²) in [6.07, 6.45) is 6.60. The molecule has 0 aliphatic carbocycles. The topological polar surface area (TPSA) is 13.0 Å². The van der Waals surface area contributed by atoms with Crippen molar-refractivity contribution in [2.75, 3.05) is 78.5 Å². The Morgan fingerprint density at radius 2 is 1.04 bits per heavy atom. The summed E-state index contributed by atoms with van der Waals surface area (Å²) in [7, 11) is 0. The third-order valence-electron chi connectivity index (χ3n) is 6.03. The molecule has 26 heavy (non-hydrogen) atoms. The molecular formula is C22H46N4. The van der Waals surface area contributed by atoms with Crippen LogP contribution in [0.25, 0.3) is 0 Å². The zero-order chi connectivity index (χ0) is 18.8. The molecule has 0 aromatic heterocycles. The predicted octanol–water partition coefficient (Wildman–Crippen LogP) is 3.24. The van der Waals surface area contributed by atoms with Crippen molar-refractivity contribution in [3.63, 3.8) is 0 Å². The van der Waals surface area contributed by atoms with Crippen LogP contribution in [0.3, 0.4) is 0 Å². The van der Waals surface area contributed by atoms with Crippen molar-refractivity contribution in [1.29, 1.82) is 0 Å². The highest BCUT2D eigenvalue weighted by Gasteiger charge is 2.18. The summed E-state index contributed by atoms with van der Waals surface area (Å²) in [6.45, 7) is 24.7. The molecule has 2 aliphatic heterocycles. The summed E-state index contributed by atoms with van der Waals surface area (Å²) in [5.41, 5.74) is 0.446. The maximum atomic E-state index is 2.75. The molecule has 0 radical (unpaired) electrons. The first-order valence-corrected chi connectivity index (χ1v) is 11.4. The van der Waals surface area contributed by atoms with Gasteiger partial charge in [-0.25, -0.2) is 0 Å². The second-order valence-corrected chi connectivity index (χ2v) is 9.74. The van der Waals surface area contributed by atoms with Crippen LogP contribution in [0, 0.1) is 5.41 Å². The van der Waals surface area contributed by atoms with Crippen LogP contribution in [-0.4, -0.2) is 98.1 Å². The number of rotatable bonds is 4. The van der Waals surface area contributed by atoms with E-state index in [0.717, 1.165) is 0 Å². The second-order valence-electron chi connectivity index (χ2n) is 9.74. The monoisotopic (exact) mass is 366 g/mol. The maximum Gasteiger partial charge on any atom is 0.0109 e. The zero-order valence-electron chi connectivity index (χ0n) is 18.3. The zero-order valence-corrected chi connectivity index (χ0v) is 18.3. The van der Waals surface area contributed by atoms with E-state index in [1.807, 2.05) is 0 Å². The van der Waals surface area contributed by atoms with Crippen LogP contribution >= 0.6 is 0 Å². The Balaban J connectivity index is 1.96. The van der Waals surface area contributed by atoms with E-state index in [1.54, 1.807) is 0 Å². The minimum atomic E-state index is 0.446. The molecule has 2 atom stereocenters. The van der Waals surface area contributed by atoms with Gasteiger partial charge in [-0.3, -0.25) is 0 Å². The van der Waals surface area contributed by atoms with Gasteiger partial charge >= 0.3 is 0 Å². The van der Waals surface area contributed by atoms with Gasteiger partial charge < -0.3 is 19.6 Å². The highest BCUT2D eigenvalue weighted by atomic mass is 15.2. The summed E-state index contributed by atoms with van der Waals surface area (Å²) in [6, 6.07) is 0. The van der Waals surface area contributed by atoms with Crippen molar-refractivity contribution < 1.29 is 0 Å². The Labute approximate surface area is 163 Å². The van der Waals surface area contributed by atoms with E-state index in [4.69, 9.17) is 0 Å². The van der Waals surface area contributed by atoms with Gasteiger partial charge in [-0.2, -0.15) is 0 Å². The van der Waals surface area contributed by atoms with E-state index in [9.17, 15) is 0 Å². The van der Waals surface area contributed by atoms with Gasteiger partial charge in [-0.15, -0.1) is 0 Å². The molecule has 0 aromatic rings. The Morgan fingerprint density at radius 3 is 1.50 bits per heavy atom. The Morgan fingerprint density at radius 1 is 0.577 bits per heavy atom. The van der Waals surface area contributed by atoms with Crippen LogP contribution in [0.1, 0.15) is 59.8 Å². The van der Waals surface area contributed by atoms with Crippen LogP contribution in [0.4, 0.5) is 0 Å². The van der Waals surface area contributed by atoms with E-state index in [-0.39, 0.29) is 0 Å². The number of hydrogen-bond acceptors (Lipinski definition) is 4. The van der Waals surface area contributed by atoms with Crippen molar-refractivity contribution in [2.45, 2.75) is 59.8 Å². The third kappa shape index (κ3) is 9.16. The first-order chi connectivity index (χ1) is 12.5. The van der Waals surface area contributed by atoms with E-state index >= 15 is 0 Å². The quantitative estimate of drug-likeness (QED) is 0.757. The van der Waals surface area contributed by atoms with Crippen LogP contribution in [-0.2, 0) is 0 Å². The van der Waals surface area contributed by atoms with Crippen LogP contribution in [0.2, 0.25) is 0 Å². The molecule has 4 heteroatoms. The Kier molecular flexibility index (Phi) is 9.90. The van der Waals surface area contributed by atoms with Gasteiger partial charge in [-0.1, -0.05) is 27.7 Å². The lowest BCUT2D eigenvalue weighted by atomic mass is 9.92. The fourth-order valence-corrected chi connectivity index (χ4v) is 4.27. The number of hydrogen-bond donors (Lipinski definition) is 0. The average molecular weight is 367 g/mol. The molecule has 4 nitrogen and oxygen atoms in total. The summed E-state index contributed by atoms with van der Waals surface area (Å²) in [4.78, 5) is 11.0. The van der Waals surface area contributed by atoms with E-state index in [1.165, 1.54) is 111 Å². The summed E-state index contributed by atoms with van der Waals surface area (Å²) in [5, 5.41) is 0. The minimum Gasteiger partial charge on any atom is -0.302 e. The molecule has 2 unspecified atom stereocenters. The molecule has 2 heterocycles. The van der Waals surface area contributed by atoms with Gasteiger partial charge in [0.25, 0.3) is 0 Å². The molecule has 2 fully saturated rings. The normalized spacial score (nSPS) is 28.6. The number of nitrogens with zero attached hydrogens (tertiary/aromatic N) is 4. The predicted molar refractivity (Wildman–Crippen MR) is 114 cm³/mol. The van der Waals surface area contributed by atoms with Gasteiger partial charge in [0.2, 0.25) is 0 Å². The molecule has 0 aromatic carbocycles. The van der Waals surface area contributed by atoms with Gasteiger partial charge in [0.1, 0.15) is 0 Å². The lowest BCUT2D eigenvalue weighted by Gasteiger charge is -2.31. The molecule has 2 saturated heterocycles. The lowest BCUT2D eigenvalue weighted by molar-refractivity contribution is 0.169. The van der Waals surface area contributed by atoms with Crippen molar-refractivity contribution >= 4 is 0 Å². The fraction of sp³-hybridized carbons (Fsp3) is 1.00. The van der Waals surface area contributed by atoms with Crippen molar-refractivity contribution in [3.05, 3.63) is 0 Å². The Hall–Kier alpha value is -0.160. The molecule has 0 spiro atoms. The molecule has 0 saturated carbocycles.